The molecule has 0 aliphatic carbocycles. The van der Waals surface area contributed by atoms with E-state index in [-0.39, 0.29) is 5.78 Å². The Kier molecular flexibility index (Phi) is 3.59. The summed E-state index contributed by atoms with van der Waals surface area (Å²) in [5, 5.41) is 0.935. The number of nitrogens with two attached hydrogens (primary N) is 1. The molecule has 3 aromatic rings. The fraction of sp³-hybridized carbons (Fsp3) is 0.167. The normalized spacial score (nSPS) is 12.5. The van der Waals surface area contributed by atoms with Crippen molar-refractivity contribution in [3.05, 3.63) is 71.5 Å². The van der Waals surface area contributed by atoms with E-state index in [1.807, 2.05) is 55.5 Å². The van der Waals surface area contributed by atoms with Crippen LogP contribution in [0.4, 0.5) is 0 Å². The van der Waals surface area contributed by atoms with E-state index in [0.29, 0.717) is 12.2 Å². The van der Waals surface area contributed by atoms with Crippen LogP contribution in [-0.2, 0) is 6.42 Å². The van der Waals surface area contributed by atoms with Gasteiger partial charge in [0, 0.05) is 5.39 Å². The van der Waals surface area contributed by atoms with Crippen LogP contribution in [-0.4, -0.2) is 11.8 Å². The van der Waals surface area contributed by atoms with Crippen molar-refractivity contribution >= 4 is 16.8 Å². The number of hydrogen-bond donors (Lipinski definition) is 1. The van der Waals surface area contributed by atoms with Gasteiger partial charge < -0.3 is 10.2 Å². The van der Waals surface area contributed by atoms with Gasteiger partial charge in [-0.3, -0.25) is 4.79 Å². The van der Waals surface area contributed by atoms with Crippen molar-refractivity contribution in [2.24, 2.45) is 5.73 Å². The second kappa shape index (κ2) is 5.54. The Morgan fingerprint density at radius 2 is 1.90 bits per heavy atom. The molecule has 0 saturated carbocycles. The van der Waals surface area contributed by atoms with Crippen LogP contribution in [0.25, 0.3) is 11.0 Å². The molecule has 0 bridgehead atoms. The molecule has 3 nitrogen and oxygen atoms in total. The van der Waals surface area contributed by atoms with Gasteiger partial charge in [0.05, 0.1) is 6.04 Å². The van der Waals surface area contributed by atoms with Crippen LogP contribution in [0.5, 0.6) is 0 Å². The molecule has 1 heterocycles. The zero-order valence-electron chi connectivity index (χ0n) is 11.9. The molecule has 0 radical (unpaired) electrons. The molecule has 2 N–H and O–H groups in total. The highest BCUT2D eigenvalue weighted by molar-refractivity contribution is 6.01. The lowest BCUT2D eigenvalue weighted by molar-refractivity contribution is 0.0935. The molecule has 0 amide bonds. The third-order valence-electron chi connectivity index (χ3n) is 3.62. The molecule has 106 valence electrons. The number of rotatable bonds is 4. The van der Waals surface area contributed by atoms with Crippen LogP contribution in [0.2, 0.25) is 0 Å². The van der Waals surface area contributed by atoms with Crippen molar-refractivity contribution in [1.82, 2.24) is 0 Å². The van der Waals surface area contributed by atoms with E-state index in [0.717, 1.165) is 22.1 Å². The number of furan rings is 1. The predicted octanol–water partition coefficient (Wildman–Crippen LogP) is 3.49. The topological polar surface area (TPSA) is 56.2 Å². The minimum atomic E-state index is -0.590. The Bertz CT molecular complexity index is 774. The van der Waals surface area contributed by atoms with Crippen molar-refractivity contribution < 1.29 is 9.21 Å². The summed E-state index contributed by atoms with van der Waals surface area (Å²) in [7, 11) is 0. The third-order valence-corrected chi connectivity index (χ3v) is 3.62. The zero-order chi connectivity index (χ0) is 14.8. The highest BCUT2D eigenvalue weighted by Gasteiger charge is 2.20. The molecule has 3 rings (SSSR count). The summed E-state index contributed by atoms with van der Waals surface area (Å²) in [6.45, 7) is 1.96. The number of fused-ring (bicyclic) bond motifs is 1. The van der Waals surface area contributed by atoms with E-state index < -0.39 is 6.04 Å². The fourth-order valence-electron chi connectivity index (χ4n) is 2.47. The van der Waals surface area contributed by atoms with Gasteiger partial charge in [-0.05, 0) is 30.5 Å². The Hall–Kier alpha value is -2.39. The number of para-hydroxylation sites is 1. The molecule has 0 aliphatic heterocycles. The van der Waals surface area contributed by atoms with E-state index in [2.05, 4.69) is 0 Å². The van der Waals surface area contributed by atoms with Crippen molar-refractivity contribution in [3.8, 4) is 0 Å². The number of benzene rings is 2. The molecule has 1 atom stereocenters. The summed E-state index contributed by atoms with van der Waals surface area (Å²) < 4.78 is 5.69. The van der Waals surface area contributed by atoms with Gasteiger partial charge in [0.1, 0.15) is 5.58 Å². The molecule has 0 saturated heterocycles. The smallest absolute Gasteiger partial charge is 0.214 e. The molecule has 0 aliphatic rings. The Balaban J connectivity index is 1.84. The number of Topliss-reactive ketones (excluding diaryl/α,β-unsaturated/α-hetero) is 1. The summed E-state index contributed by atoms with van der Waals surface area (Å²) in [4.78, 5) is 12.4. The van der Waals surface area contributed by atoms with Crippen molar-refractivity contribution in [2.75, 3.05) is 0 Å². The van der Waals surface area contributed by atoms with E-state index in [1.54, 1.807) is 6.07 Å². The monoisotopic (exact) mass is 279 g/mol. The van der Waals surface area contributed by atoms with Crippen molar-refractivity contribution in [1.29, 1.82) is 0 Å². The van der Waals surface area contributed by atoms with Crippen molar-refractivity contribution in [3.63, 3.8) is 0 Å². The van der Waals surface area contributed by atoms with Crippen LogP contribution in [0.3, 0.4) is 0 Å². The minimum Gasteiger partial charge on any atom is -0.453 e. The highest BCUT2D eigenvalue weighted by Crippen LogP contribution is 2.23. The van der Waals surface area contributed by atoms with Gasteiger partial charge in [0.2, 0.25) is 5.78 Å². The largest absolute Gasteiger partial charge is 0.453 e. The van der Waals surface area contributed by atoms with Gasteiger partial charge >= 0.3 is 0 Å². The van der Waals surface area contributed by atoms with E-state index >= 15 is 0 Å². The van der Waals surface area contributed by atoms with Crippen LogP contribution >= 0.6 is 0 Å². The van der Waals surface area contributed by atoms with E-state index in [4.69, 9.17) is 10.2 Å². The van der Waals surface area contributed by atoms with Gasteiger partial charge in [-0.25, -0.2) is 0 Å². The van der Waals surface area contributed by atoms with E-state index in [1.165, 1.54) is 0 Å². The van der Waals surface area contributed by atoms with Gasteiger partial charge in [0.15, 0.2) is 5.76 Å². The molecule has 1 unspecified atom stereocenters. The van der Waals surface area contributed by atoms with Gasteiger partial charge in [-0.15, -0.1) is 0 Å². The lowest BCUT2D eigenvalue weighted by atomic mass is 10.0. The second-order valence-electron chi connectivity index (χ2n) is 5.26. The fourth-order valence-corrected chi connectivity index (χ4v) is 2.47. The predicted molar refractivity (Wildman–Crippen MR) is 83.4 cm³/mol. The Morgan fingerprint density at radius 1 is 1.14 bits per heavy atom. The maximum Gasteiger partial charge on any atom is 0.214 e. The number of carbonyl (C=O) groups excluding carboxylic acids is 1. The van der Waals surface area contributed by atoms with Gasteiger partial charge in [-0.2, -0.15) is 0 Å². The second-order valence-corrected chi connectivity index (χ2v) is 5.26. The average molecular weight is 279 g/mol. The summed E-state index contributed by atoms with van der Waals surface area (Å²) in [5.74, 6) is 0.178. The maximum absolute atomic E-state index is 12.4. The molecule has 2 aromatic carbocycles. The zero-order valence-corrected chi connectivity index (χ0v) is 11.9. The molecular weight excluding hydrogens is 262 g/mol. The standard InChI is InChI=1S/C18H17NO2/c1-12-6-5-9-14-11-16(21-18(12)14)17(20)15(19)10-13-7-3-2-4-8-13/h2-9,11,15H,10,19H2,1H3. The summed E-state index contributed by atoms with van der Waals surface area (Å²) in [6.07, 6.45) is 0.510. The van der Waals surface area contributed by atoms with E-state index in [9.17, 15) is 4.79 Å². The summed E-state index contributed by atoms with van der Waals surface area (Å²) in [5.41, 5.74) is 8.85. The maximum atomic E-state index is 12.4. The summed E-state index contributed by atoms with van der Waals surface area (Å²) in [6, 6.07) is 16.8. The highest BCUT2D eigenvalue weighted by atomic mass is 16.3. The lowest BCUT2D eigenvalue weighted by Crippen LogP contribution is -2.32. The van der Waals surface area contributed by atoms with Crippen LogP contribution in [0.15, 0.2) is 59.0 Å². The SMILES string of the molecule is Cc1cccc2cc(C(=O)C(N)Cc3ccccc3)oc12. The van der Waals surface area contributed by atoms with Gasteiger partial charge in [-0.1, -0.05) is 48.5 Å². The molecule has 21 heavy (non-hydrogen) atoms. The Morgan fingerprint density at radius 3 is 2.62 bits per heavy atom. The number of hydrogen-bond acceptors (Lipinski definition) is 3. The van der Waals surface area contributed by atoms with Crippen LogP contribution in [0, 0.1) is 6.92 Å². The Labute approximate surface area is 123 Å². The van der Waals surface area contributed by atoms with Crippen molar-refractivity contribution in [2.45, 2.75) is 19.4 Å². The molecule has 3 heteroatoms. The number of carbonyl (C=O) groups is 1. The first-order valence-corrected chi connectivity index (χ1v) is 6.98. The van der Waals surface area contributed by atoms with Gasteiger partial charge in [0.25, 0.3) is 0 Å². The number of ketones is 1. The summed E-state index contributed by atoms with van der Waals surface area (Å²) >= 11 is 0. The molecule has 1 aromatic heterocycles. The van der Waals surface area contributed by atoms with Crippen LogP contribution < -0.4 is 5.73 Å². The first kappa shape index (κ1) is 13.6. The lowest BCUT2D eigenvalue weighted by Gasteiger charge is -2.08. The molecule has 0 fully saturated rings. The molecule has 0 spiro atoms. The quantitative estimate of drug-likeness (QED) is 0.744. The minimum absolute atomic E-state index is 0.158. The first-order valence-electron chi connectivity index (χ1n) is 6.98. The molecular formula is C18H17NO2. The van der Waals surface area contributed by atoms with Crippen LogP contribution in [0.1, 0.15) is 21.7 Å². The first-order chi connectivity index (χ1) is 10.1. The number of aryl methyl sites for hydroxylation is 1. The average Bonchev–Trinajstić information content (AvgIpc) is 2.93. The third kappa shape index (κ3) is 2.73.